The lowest BCUT2D eigenvalue weighted by atomic mass is 10.1. The van der Waals surface area contributed by atoms with Gasteiger partial charge in [-0.15, -0.1) is 11.3 Å². The number of aryl methyl sites for hydroxylation is 1. The molecule has 0 aliphatic rings. The molecule has 0 unspecified atom stereocenters. The number of benzene rings is 1. The number of thiophene rings is 1. The number of hydrogen-bond donors (Lipinski definition) is 0. The van der Waals surface area contributed by atoms with Crippen LogP contribution in [0.2, 0.25) is 4.34 Å². The van der Waals surface area contributed by atoms with Crippen LogP contribution in [0.5, 0.6) is 0 Å². The fraction of sp³-hybridized carbons (Fsp3) is 0.222. The SMILES string of the molecule is CCN(Cc1ccc(Cl)s1)C(=O)c1c(-c2ccccc2)noc1C. The molecule has 3 rings (SSSR count). The second-order valence-electron chi connectivity index (χ2n) is 5.35. The van der Waals surface area contributed by atoms with Crippen molar-refractivity contribution >= 4 is 28.8 Å². The lowest BCUT2D eigenvalue weighted by molar-refractivity contribution is 0.0753. The molecule has 24 heavy (non-hydrogen) atoms. The van der Waals surface area contributed by atoms with E-state index in [4.69, 9.17) is 16.1 Å². The Balaban J connectivity index is 1.92. The first-order valence-corrected chi connectivity index (χ1v) is 8.84. The number of carbonyl (C=O) groups is 1. The van der Waals surface area contributed by atoms with Crippen LogP contribution < -0.4 is 0 Å². The van der Waals surface area contributed by atoms with E-state index in [0.29, 0.717) is 30.1 Å². The van der Waals surface area contributed by atoms with Gasteiger partial charge >= 0.3 is 0 Å². The lowest BCUT2D eigenvalue weighted by Gasteiger charge is -2.20. The molecule has 0 saturated heterocycles. The van der Waals surface area contributed by atoms with Crippen LogP contribution in [-0.4, -0.2) is 22.5 Å². The van der Waals surface area contributed by atoms with Crippen LogP contribution in [0.25, 0.3) is 11.3 Å². The summed E-state index contributed by atoms with van der Waals surface area (Å²) in [5.41, 5.74) is 1.97. The van der Waals surface area contributed by atoms with E-state index in [-0.39, 0.29) is 5.91 Å². The van der Waals surface area contributed by atoms with Gasteiger partial charge in [-0.3, -0.25) is 4.79 Å². The van der Waals surface area contributed by atoms with Crippen molar-refractivity contribution in [1.29, 1.82) is 0 Å². The first-order valence-electron chi connectivity index (χ1n) is 7.65. The topological polar surface area (TPSA) is 46.3 Å². The van der Waals surface area contributed by atoms with Crippen LogP contribution in [0.4, 0.5) is 0 Å². The first kappa shape index (κ1) is 16.7. The molecule has 1 amide bonds. The van der Waals surface area contributed by atoms with Crippen molar-refractivity contribution in [3.8, 4) is 11.3 Å². The third kappa shape index (κ3) is 3.37. The molecule has 2 heterocycles. The van der Waals surface area contributed by atoms with E-state index in [2.05, 4.69) is 5.16 Å². The summed E-state index contributed by atoms with van der Waals surface area (Å²) in [6.45, 7) is 4.83. The standard InChI is InChI=1S/C18H17ClN2O2S/c1-3-21(11-14-9-10-15(19)24-14)18(22)16-12(2)23-20-17(16)13-7-5-4-6-8-13/h4-10H,3,11H2,1-2H3. The first-order chi connectivity index (χ1) is 11.6. The van der Waals surface area contributed by atoms with Crippen molar-refractivity contribution in [2.45, 2.75) is 20.4 Å². The van der Waals surface area contributed by atoms with E-state index in [1.54, 1.807) is 11.8 Å². The van der Waals surface area contributed by atoms with Crippen molar-refractivity contribution in [1.82, 2.24) is 10.1 Å². The predicted molar refractivity (Wildman–Crippen MR) is 96.4 cm³/mol. The Labute approximate surface area is 149 Å². The zero-order valence-electron chi connectivity index (χ0n) is 13.5. The minimum absolute atomic E-state index is 0.0837. The number of carbonyl (C=O) groups excluding carboxylic acids is 1. The number of rotatable bonds is 5. The molecule has 0 saturated carbocycles. The molecule has 0 aliphatic heterocycles. The fourth-order valence-corrected chi connectivity index (χ4v) is 3.63. The lowest BCUT2D eigenvalue weighted by Crippen LogP contribution is -2.30. The molecule has 2 aromatic heterocycles. The average Bonchev–Trinajstić information content (AvgIpc) is 3.18. The highest BCUT2D eigenvalue weighted by Gasteiger charge is 2.25. The Kier molecular flexibility index (Phi) is 5.02. The highest BCUT2D eigenvalue weighted by molar-refractivity contribution is 7.16. The van der Waals surface area contributed by atoms with Crippen LogP contribution in [0.3, 0.4) is 0 Å². The quantitative estimate of drug-likeness (QED) is 0.641. The number of hydrogen-bond acceptors (Lipinski definition) is 4. The maximum Gasteiger partial charge on any atom is 0.260 e. The molecule has 0 bridgehead atoms. The van der Waals surface area contributed by atoms with E-state index >= 15 is 0 Å². The molecule has 0 N–H and O–H groups in total. The molecular weight excluding hydrogens is 344 g/mol. The van der Waals surface area contributed by atoms with Crippen molar-refractivity contribution in [3.63, 3.8) is 0 Å². The summed E-state index contributed by atoms with van der Waals surface area (Å²) in [6, 6.07) is 13.4. The van der Waals surface area contributed by atoms with Gasteiger partial charge in [-0.05, 0) is 26.0 Å². The molecule has 0 aliphatic carbocycles. The van der Waals surface area contributed by atoms with Gasteiger partial charge in [-0.2, -0.15) is 0 Å². The van der Waals surface area contributed by atoms with Crippen LogP contribution in [0.15, 0.2) is 47.0 Å². The van der Waals surface area contributed by atoms with E-state index in [1.165, 1.54) is 11.3 Å². The maximum absolute atomic E-state index is 13.1. The Morgan fingerprint density at radius 3 is 2.62 bits per heavy atom. The van der Waals surface area contributed by atoms with Gasteiger partial charge in [0.1, 0.15) is 17.0 Å². The Hall–Kier alpha value is -2.11. The van der Waals surface area contributed by atoms with Crippen LogP contribution in [0.1, 0.15) is 27.9 Å². The van der Waals surface area contributed by atoms with Crippen LogP contribution in [0, 0.1) is 6.92 Å². The summed E-state index contributed by atoms with van der Waals surface area (Å²) in [6.07, 6.45) is 0. The van der Waals surface area contributed by atoms with Crippen molar-refractivity contribution in [3.05, 3.63) is 63.0 Å². The minimum atomic E-state index is -0.0837. The number of nitrogens with zero attached hydrogens (tertiary/aromatic N) is 2. The van der Waals surface area contributed by atoms with Gasteiger partial charge in [0.25, 0.3) is 5.91 Å². The Bertz CT molecular complexity index is 842. The highest BCUT2D eigenvalue weighted by Crippen LogP contribution is 2.28. The van der Waals surface area contributed by atoms with E-state index in [9.17, 15) is 4.79 Å². The molecular formula is C18H17ClN2O2S. The highest BCUT2D eigenvalue weighted by atomic mass is 35.5. The van der Waals surface area contributed by atoms with Gasteiger partial charge in [0.2, 0.25) is 0 Å². The molecule has 4 nitrogen and oxygen atoms in total. The number of aromatic nitrogens is 1. The summed E-state index contributed by atoms with van der Waals surface area (Å²) in [7, 11) is 0. The van der Waals surface area contributed by atoms with Gasteiger partial charge in [-0.1, -0.05) is 47.1 Å². The molecule has 3 aromatic rings. The zero-order valence-corrected chi connectivity index (χ0v) is 15.0. The largest absolute Gasteiger partial charge is 0.360 e. The Morgan fingerprint density at radius 1 is 1.25 bits per heavy atom. The number of halogens is 1. The summed E-state index contributed by atoms with van der Waals surface area (Å²) in [5, 5.41) is 4.09. The van der Waals surface area contributed by atoms with Crippen LogP contribution in [-0.2, 0) is 6.54 Å². The van der Waals surface area contributed by atoms with Gasteiger partial charge in [-0.25, -0.2) is 0 Å². The zero-order chi connectivity index (χ0) is 17.1. The van der Waals surface area contributed by atoms with Crippen LogP contribution >= 0.6 is 22.9 Å². The minimum Gasteiger partial charge on any atom is -0.360 e. The van der Waals surface area contributed by atoms with Crippen molar-refractivity contribution < 1.29 is 9.32 Å². The molecule has 0 radical (unpaired) electrons. The summed E-state index contributed by atoms with van der Waals surface area (Å²) >= 11 is 7.47. The second-order valence-corrected chi connectivity index (χ2v) is 7.15. The van der Waals surface area contributed by atoms with E-state index in [0.717, 1.165) is 14.8 Å². The van der Waals surface area contributed by atoms with Crippen molar-refractivity contribution in [2.24, 2.45) is 0 Å². The van der Waals surface area contributed by atoms with Crippen molar-refractivity contribution in [2.75, 3.05) is 6.54 Å². The summed E-state index contributed by atoms with van der Waals surface area (Å²) in [4.78, 5) is 15.9. The monoisotopic (exact) mass is 360 g/mol. The Morgan fingerprint density at radius 2 is 2.00 bits per heavy atom. The van der Waals surface area contributed by atoms with Gasteiger partial charge in [0.05, 0.1) is 10.9 Å². The summed E-state index contributed by atoms with van der Waals surface area (Å²) in [5.74, 6) is 0.446. The predicted octanol–water partition coefficient (Wildman–Crippen LogP) is 5.03. The molecule has 0 spiro atoms. The normalized spacial score (nSPS) is 10.8. The molecule has 0 fully saturated rings. The summed E-state index contributed by atoms with van der Waals surface area (Å²) < 4.78 is 6.03. The molecule has 1 aromatic carbocycles. The molecule has 124 valence electrons. The third-order valence-electron chi connectivity index (χ3n) is 3.77. The van der Waals surface area contributed by atoms with Gasteiger partial charge in [0, 0.05) is 17.0 Å². The van der Waals surface area contributed by atoms with E-state index < -0.39 is 0 Å². The molecule has 0 atom stereocenters. The second kappa shape index (κ2) is 7.20. The van der Waals surface area contributed by atoms with E-state index in [1.807, 2.05) is 49.4 Å². The maximum atomic E-state index is 13.1. The fourth-order valence-electron chi connectivity index (χ4n) is 2.53. The van der Waals surface area contributed by atoms with Gasteiger partial charge < -0.3 is 9.42 Å². The van der Waals surface area contributed by atoms with Gasteiger partial charge in [0.15, 0.2) is 0 Å². The average molecular weight is 361 g/mol. The third-order valence-corrected chi connectivity index (χ3v) is 4.98. The smallest absolute Gasteiger partial charge is 0.260 e. The molecule has 6 heteroatoms. The number of amides is 1.